The first-order valence-electron chi connectivity index (χ1n) is 11.0. The van der Waals surface area contributed by atoms with Crippen molar-refractivity contribution in [1.82, 2.24) is 10.2 Å². The summed E-state index contributed by atoms with van der Waals surface area (Å²) < 4.78 is 5.78. The largest absolute Gasteiger partial charge is 0.484 e. The molecule has 0 spiro atoms. The van der Waals surface area contributed by atoms with Crippen LogP contribution in [0.5, 0.6) is 5.75 Å². The van der Waals surface area contributed by atoms with Crippen molar-refractivity contribution in [2.75, 3.05) is 13.2 Å². The number of benzene rings is 3. The maximum atomic E-state index is 13.4. The monoisotopic (exact) mass is 464 g/mol. The number of likely N-dealkylation sites (N-methyl/N-ethyl adjacent to an activating group) is 1. The molecule has 0 bridgehead atoms. The van der Waals surface area contributed by atoms with Gasteiger partial charge >= 0.3 is 0 Å². The zero-order valence-corrected chi connectivity index (χ0v) is 19.7. The molecule has 1 unspecified atom stereocenters. The molecule has 5 nitrogen and oxygen atoms in total. The second-order valence-electron chi connectivity index (χ2n) is 7.81. The van der Waals surface area contributed by atoms with Gasteiger partial charge in [-0.1, -0.05) is 72.3 Å². The van der Waals surface area contributed by atoms with E-state index < -0.39 is 6.04 Å². The number of nitrogens with one attached hydrogen (secondary N) is 1. The van der Waals surface area contributed by atoms with E-state index >= 15 is 0 Å². The summed E-state index contributed by atoms with van der Waals surface area (Å²) >= 11 is 6.09. The van der Waals surface area contributed by atoms with Crippen LogP contribution in [0.15, 0.2) is 78.9 Å². The van der Waals surface area contributed by atoms with Crippen molar-refractivity contribution in [3.63, 3.8) is 0 Å². The molecule has 0 aromatic heterocycles. The maximum absolute atomic E-state index is 13.4. The van der Waals surface area contributed by atoms with Crippen LogP contribution >= 0.6 is 11.6 Å². The van der Waals surface area contributed by atoms with Gasteiger partial charge in [0.15, 0.2) is 6.61 Å². The Hall–Kier alpha value is -3.31. The fraction of sp³-hybridized carbons (Fsp3) is 0.259. The summed E-state index contributed by atoms with van der Waals surface area (Å²) in [7, 11) is 0. The van der Waals surface area contributed by atoms with Gasteiger partial charge in [-0.25, -0.2) is 0 Å². The van der Waals surface area contributed by atoms with E-state index in [1.807, 2.05) is 74.5 Å². The van der Waals surface area contributed by atoms with Crippen molar-refractivity contribution in [3.8, 4) is 5.75 Å². The van der Waals surface area contributed by atoms with Gasteiger partial charge in [-0.3, -0.25) is 9.59 Å². The molecule has 6 heteroatoms. The Bertz CT molecular complexity index is 1060. The number of carbonyl (C=O) groups is 2. The fourth-order valence-electron chi connectivity index (χ4n) is 3.56. The number of hydrogen-bond donors (Lipinski definition) is 1. The molecule has 3 aromatic carbocycles. The molecule has 1 atom stereocenters. The quantitative estimate of drug-likeness (QED) is 0.468. The number of ether oxygens (including phenoxy) is 1. The molecule has 0 radical (unpaired) electrons. The average molecular weight is 465 g/mol. The SMILES string of the molecule is CCNC(=O)C(Cc1ccccc1)N(Cc1ccccc1)C(=O)COc1ccc(Cl)c(C)c1. The summed E-state index contributed by atoms with van der Waals surface area (Å²) in [5, 5.41) is 3.52. The number of nitrogens with zero attached hydrogens (tertiary/aromatic N) is 1. The van der Waals surface area contributed by atoms with Crippen molar-refractivity contribution in [3.05, 3.63) is 101 Å². The maximum Gasteiger partial charge on any atom is 0.261 e. The predicted octanol–water partition coefficient (Wildman–Crippen LogP) is 4.80. The Morgan fingerprint density at radius 2 is 1.61 bits per heavy atom. The highest BCUT2D eigenvalue weighted by atomic mass is 35.5. The predicted molar refractivity (Wildman–Crippen MR) is 131 cm³/mol. The van der Waals surface area contributed by atoms with E-state index in [1.165, 1.54) is 0 Å². The summed E-state index contributed by atoms with van der Waals surface area (Å²) in [4.78, 5) is 28.1. The molecule has 0 saturated carbocycles. The standard InChI is InChI=1S/C27H29ClN2O3/c1-3-29-27(32)25(17-21-10-6-4-7-11-21)30(18-22-12-8-5-9-13-22)26(31)19-33-23-14-15-24(28)20(2)16-23/h4-16,25H,3,17-19H2,1-2H3,(H,29,32). The Morgan fingerprint density at radius 3 is 2.21 bits per heavy atom. The molecular weight excluding hydrogens is 436 g/mol. The summed E-state index contributed by atoms with van der Waals surface area (Å²) in [6, 6.07) is 24.0. The number of aryl methyl sites for hydroxylation is 1. The van der Waals surface area contributed by atoms with Crippen molar-refractivity contribution in [2.45, 2.75) is 32.9 Å². The summed E-state index contributed by atoms with van der Waals surface area (Å²) in [5.41, 5.74) is 2.79. The van der Waals surface area contributed by atoms with Crippen LogP contribution in [0.4, 0.5) is 0 Å². The van der Waals surface area contributed by atoms with Crippen molar-refractivity contribution in [2.24, 2.45) is 0 Å². The molecule has 0 fully saturated rings. The van der Waals surface area contributed by atoms with Gasteiger partial charge in [0.1, 0.15) is 11.8 Å². The minimum atomic E-state index is -0.671. The van der Waals surface area contributed by atoms with Gasteiger partial charge in [-0.15, -0.1) is 0 Å². The lowest BCUT2D eigenvalue weighted by atomic mass is 10.0. The average Bonchev–Trinajstić information content (AvgIpc) is 2.83. The number of amides is 2. The first-order valence-corrected chi connectivity index (χ1v) is 11.4. The zero-order valence-electron chi connectivity index (χ0n) is 19.0. The number of hydrogen-bond acceptors (Lipinski definition) is 3. The molecule has 3 aromatic rings. The van der Waals surface area contributed by atoms with Crippen LogP contribution in [0, 0.1) is 6.92 Å². The fourth-order valence-corrected chi connectivity index (χ4v) is 3.68. The van der Waals surface area contributed by atoms with Gasteiger partial charge in [0.25, 0.3) is 5.91 Å². The lowest BCUT2D eigenvalue weighted by Gasteiger charge is -2.31. The van der Waals surface area contributed by atoms with Gasteiger partial charge in [-0.2, -0.15) is 0 Å². The summed E-state index contributed by atoms with van der Waals surface area (Å²) in [6.07, 6.45) is 0.408. The third-order valence-corrected chi connectivity index (χ3v) is 5.73. The van der Waals surface area contributed by atoms with Crippen LogP contribution in [0.3, 0.4) is 0 Å². The first kappa shape index (κ1) is 24.3. The summed E-state index contributed by atoms with van der Waals surface area (Å²) in [5.74, 6) is 0.106. The van der Waals surface area contributed by atoms with E-state index in [9.17, 15) is 9.59 Å². The second-order valence-corrected chi connectivity index (χ2v) is 8.21. The Kier molecular flexibility index (Phi) is 8.90. The van der Waals surface area contributed by atoms with Crippen LogP contribution in [0.25, 0.3) is 0 Å². The van der Waals surface area contributed by atoms with Crippen molar-refractivity contribution in [1.29, 1.82) is 0 Å². The highest BCUT2D eigenvalue weighted by molar-refractivity contribution is 6.31. The molecule has 1 N–H and O–H groups in total. The lowest BCUT2D eigenvalue weighted by molar-refractivity contribution is -0.142. The van der Waals surface area contributed by atoms with Gasteiger partial charge in [0.05, 0.1) is 0 Å². The lowest BCUT2D eigenvalue weighted by Crippen LogP contribution is -2.51. The number of rotatable bonds is 10. The normalized spacial score (nSPS) is 11.5. The highest BCUT2D eigenvalue weighted by Crippen LogP contribution is 2.21. The van der Waals surface area contributed by atoms with E-state index in [0.717, 1.165) is 16.7 Å². The van der Waals surface area contributed by atoms with Crippen molar-refractivity contribution >= 4 is 23.4 Å². The molecule has 33 heavy (non-hydrogen) atoms. The smallest absolute Gasteiger partial charge is 0.261 e. The van der Waals surface area contributed by atoms with Gasteiger partial charge in [-0.05, 0) is 48.7 Å². The van der Waals surface area contributed by atoms with Crippen LogP contribution in [-0.4, -0.2) is 35.9 Å². The minimum absolute atomic E-state index is 0.182. The molecule has 0 aliphatic rings. The third kappa shape index (κ3) is 7.09. The molecule has 0 heterocycles. The van der Waals surface area contributed by atoms with Gasteiger partial charge in [0, 0.05) is 24.5 Å². The molecule has 3 rings (SSSR count). The van der Waals surface area contributed by atoms with Crippen LogP contribution < -0.4 is 10.1 Å². The van der Waals surface area contributed by atoms with Crippen LogP contribution in [-0.2, 0) is 22.6 Å². The Balaban J connectivity index is 1.86. The van der Waals surface area contributed by atoms with Gasteiger partial charge < -0.3 is 15.0 Å². The van der Waals surface area contributed by atoms with Crippen LogP contribution in [0.2, 0.25) is 5.02 Å². The number of halogens is 1. The molecule has 0 aliphatic heterocycles. The Labute approximate surface area is 200 Å². The molecule has 0 aliphatic carbocycles. The summed E-state index contributed by atoms with van der Waals surface area (Å²) in [6.45, 7) is 4.35. The Morgan fingerprint density at radius 1 is 0.970 bits per heavy atom. The third-order valence-electron chi connectivity index (χ3n) is 5.31. The minimum Gasteiger partial charge on any atom is -0.484 e. The molecule has 2 amide bonds. The molecular formula is C27H29ClN2O3. The van der Waals surface area contributed by atoms with Crippen LogP contribution in [0.1, 0.15) is 23.6 Å². The molecule has 172 valence electrons. The van der Waals surface area contributed by atoms with E-state index in [1.54, 1.807) is 23.1 Å². The highest BCUT2D eigenvalue weighted by Gasteiger charge is 2.30. The van der Waals surface area contributed by atoms with E-state index in [-0.39, 0.29) is 18.4 Å². The number of carbonyl (C=O) groups excluding carboxylic acids is 2. The van der Waals surface area contributed by atoms with E-state index in [2.05, 4.69) is 5.32 Å². The topological polar surface area (TPSA) is 58.6 Å². The van der Waals surface area contributed by atoms with E-state index in [0.29, 0.717) is 30.3 Å². The second kappa shape index (κ2) is 12.1. The van der Waals surface area contributed by atoms with E-state index in [4.69, 9.17) is 16.3 Å². The molecule has 0 saturated heterocycles. The van der Waals surface area contributed by atoms with Gasteiger partial charge in [0.2, 0.25) is 5.91 Å². The zero-order chi connectivity index (χ0) is 23.6. The van der Waals surface area contributed by atoms with Crippen molar-refractivity contribution < 1.29 is 14.3 Å². The first-order chi connectivity index (χ1) is 16.0.